The van der Waals surface area contributed by atoms with Crippen molar-refractivity contribution in [3.8, 4) is 11.5 Å². The standard InChI is InChI=1S/C15H15NO2/c1-11-6-7-15(18)13(8-11)10-16-9-12-4-2-3-5-14(12)17/h2-8,10,17-18H,9H2,1H3. The number of benzene rings is 2. The number of aliphatic imine (C=N–C) groups is 1. The van der Waals surface area contributed by atoms with Gasteiger partial charge < -0.3 is 10.2 Å². The quantitative estimate of drug-likeness (QED) is 0.811. The van der Waals surface area contributed by atoms with Crippen molar-refractivity contribution in [2.75, 3.05) is 0 Å². The fraction of sp³-hybridized carbons (Fsp3) is 0.133. The van der Waals surface area contributed by atoms with E-state index in [-0.39, 0.29) is 11.5 Å². The van der Waals surface area contributed by atoms with Crippen LogP contribution in [-0.2, 0) is 6.54 Å². The first-order valence-corrected chi connectivity index (χ1v) is 5.73. The average molecular weight is 241 g/mol. The Balaban J connectivity index is 2.12. The number of phenols is 2. The van der Waals surface area contributed by atoms with Crippen LogP contribution in [0, 0.1) is 6.92 Å². The first-order valence-electron chi connectivity index (χ1n) is 5.73. The third-order valence-corrected chi connectivity index (χ3v) is 2.67. The lowest BCUT2D eigenvalue weighted by atomic mass is 10.1. The molecule has 0 fully saturated rings. The first-order chi connectivity index (χ1) is 8.66. The molecule has 0 atom stereocenters. The molecule has 3 heteroatoms. The fourth-order valence-electron chi connectivity index (χ4n) is 1.66. The second kappa shape index (κ2) is 5.36. The van der Waals surface area contributed by atoms with E-state index in [1.807, 2.05) is 31.2 Å². The number of rotatable bonds is 3. The maximum Gasteiger partial charge on any atom is 0.124 e. The second-order valence-corrected chi connectivity index (χ2v) is 4.16. The number of para-hydroxylation sites is 1. The molecule has 2 aromatic carbocycles. The van der Waals surface area contributed by atoms with Gasteiger partial charge in [-0.05, 0) is 25.1 Å². The summed E-state index contributed by atoms with van der Waals surface area (Å²) in [5.74, 6) is 0.449. The SMILES string of the molecule is Cc1ccc(O)c(C=NCc2ccccc2O)c1. The zero-order valence-corrected chi connectivity index (χ0v) is 10.2. The molecule has 92 valence electrons. The molecular weight excluding hydrogens is 226 g/mol. The summed E-state index contributed by atoms with van der Waals surface area (Å²) in [6, 6.07) is 12.4. The Morgan fingerprint density at radius 1 is 1.06 bits per heavy atom. The molecule has 0 amide bonds. The van der Waals surface area contributed by atoms with Crippen LogP contribution in [0.1, 0.15) is 16.7 Å². The van der Waals surface area contributed by atoms with E-state index < -0.39 is 0 Å². The largest absolute Gasteiger partial charge is 0.508 e. The van der Waals surface area contributed by atoms with Crippen LogP contribution in [0.15, 0.2) is 47.5 Å². The molecule has 0 aliphatic carbocycles. The van der Waals surface area contributed by atoms with Crippen LogP contribution in [0.5, 0.6) is 11.5 Å². The molecule has 2 aromatic rings. The number of hydrogen-bond donors (Lipinski definition) is 2. The summed E-state index contributed by atoms with van der Waals surface area (Å²) in [5.41, 5.74) is 2.52. The monoisotopic (exact) mass is 241 g/mol. The van der Waals surface area contributed by atoms with Gasteiger partial charge in [-0.1, -0.05) is 29.8 Å². The van der Waals surface area contributed by atoms with Crippen molar-refractivity contribution in [3.05, 3.63) is 59.2 Å². The van der Waals surface area contributed by atoms with Gasteiger partial charge in [0, 0.05) is 17.3 Å². The Kier molecular flexibility index (Phi) is 3.63. The van der Waals surface area contributed by atoms with Gasteiger partial charge in [0.05, 0.1) is 6.54 Å². The Labute approximate surface area is 106 Å². The van der Waals surface area contributed by atoms with Gasteiger partial charge in [-0.25, -0.2) is 0 Å². The summed E-state index contributed by atoms with van der Waals surface area (Å²) in [6.45, 7) is 2.35. The highest BCUT2D eigenvalue weighted by atomic mass is 16.3. The van der Waals surface area contributed by atoms with Crippen LogP contribution in [0.4, 0.5) is 0 Å². The molecule has 2 rings (SSSR count). The first kappa shape index (κ1) is 12.2. The Bertz CT molecular complexity index is 576. The smallest absolute Gasteiger partial charge is 0.124 e. The average Bonchev–Trinajstić information content (AvgIpc) is 2.36. The van der Waals surface area contributed by atoms with E-state index >= 15 is 0 Å². The van der Waals surface area contributed by atoms with Gasteiger partial charge in [0.2, 0.25) is 0 Å². The van der Waals surface area contributed by atoms with Gasteiger partial charge in [-0.3, -0.25) is 4.99 Å². The summed E-state index contributed by atoms with van der Waals surface area (Å²) in [7, 11) is 0. The molecule has 0 aliphatic heterocycles. The summed E-state index contributed by atoms with van der Waals surface area (Å²) in [6.07, 6.45) is 1.62. The van der Waals surface area contributed by atoms with Gasteiger partial charge in [0.25, 0.3) is 0 Å². The number of aryl methyl sites for hydroxylation is 1. The molecular formula is C15H15NO2. The van der Waals surface area contributed by atoms with Crippen molar-refractivity contribution in [2.45, 2.75) is 13.5 Å². The van der Waals surface area contributed by atoms with Crippen molar-refractivity contribution < 1.29 is 10.2 Å². The number of aromatic hydroxyl groups is 2. The minimum absolute atomic E-state index is 0.210. The van der Waals surface area contributed by atoms with E-state index in [1.165, 1.54) is 0 Å². The molecule has 2 N–H and O–H groups in total. The van der Waals surface area contributed by atoms with E-state index in [0.717, 1.165) is 11.1 Å². The maximum atomic E-state index is 9.65. The molecule has 0 bridgehead atoms. The molecule has 18 heavy (non-hydrogen) atoms. The minimum Gasteiger partial charge on any atom is -0.508 e. The molecule has 0 heterocycles. The predicted molar refractivity (Wildman–Crippen MR) is 72.2 cm³/mol. The van der Waals surface area contributed by atoms with Gasteiger partial charge in [-0.15, -0.1) is 0 Å². The molecule has 3 nitrogen and oxygen atoms in total. The van der Waals surface area contributed by atoms with Crippen LogP contribution in [-0.4, -0.2) is 16.4 Å². The van der Waals surface area contributed by atoms with Gasteiger partial charge in [-0.2, -0.15) is 0 Å². The number of nitrogens with zero attached hydrogens (tertiary/aromatic N) is 1. The summed E-state index contributed by atoms with van der Waals surface area (Å²) < 4.78 is 0. The fourth-order valence-corrected chi connectivity index (χ4v) is 1.66. The highest BCUT2D eigenvalue weighted by Gasteiger charge is 1.99. The summed E-state index contributed by atoms with van der Waals surface area (Å²) in [5, 5.41) is 19.2. The molecule has 0 spiro atoms. The van der Waals surface area contributed by atoms with Crippen LogP contribution < -0.4 is 0 Å². The molecule has 0 unspecified atom stereocenters. The molecule has 0 saturated carbocycles. The van der Waals surface area contributed by atoms with E-state index in [4.69, 9.17) is 0 Å². The zero-order valence-electron chi connectivity index (χ0n) is 10.2. The topological polar surface area (TPSA) is 52.8 Å². The number of phenolic OH excluding ortho intramolecular Hbond substituents is 2. The van der Waals surface area contributed by atoms with E-state index in [0.29, 0.717) is 12.1 Å². The molecule has 0 radical (unpaired) electrons. The van der Waals surface area contributed by atoms with Crippen molar-refractivity contribution in [1.29, 1.82) is 0 Å². The van der Waals surface area contributed by atoms with Crippen LogP contribution in [0.25, 0.3) is 0 Å². The van der Waals surface area contributed by atoms with Gasteiger partial charge >= 0.3 is 0 Å². The van der Waals surface area contributed by atoms with E-state index in [1.54, 1.807) is 24.4 Å². The van der Waals surface area contributed by atoms with Gasteiger partial charge in [0.1, 0.15) is 11.5 Å². The van der Waals surface area contributed by atoms with Crippen LogP contribution >= 0.6 is 0 Å². The molecule has 0 aliphatic rings. The molecule has 0 aromatic heterocycles. The van der Waals surface area contributed by atoms with Crippen LogP contribution in [0.2, 0.25) is 0 Å². The zero-order chi connectivity index (χ0) is 13.0. The van der Waals surface area contributed by atoms with Crippen molar-refractivity contribution >= 4 is 6.21 Å². The predicted octanol–water partition coefficient (Wildman–Crippen LogP) is 3.03. The van der Waals surface area contributed by atoms with Crippen molar-refractivity contribution in [2.24, 2.45) is 4.99 Å². The third kappa shape index (κ3) is 2.88. The lowest BCUT2D eigenvalue weighted by molar-refractivity contribution is 0.468. The Morgan fingerprint density at radius 3 is 2.61 bits per heavy atom. The Morgan fingerprint density at radius 2 is 1.83 bits per heavy atom. The lowest BCUT2D eigenvalue weighted by Crippen LogP contribution is -1.87. The highest BCUT2D eigenvalue weighted by molar-refractivity contribution is 5.83. The minimum atomic E-state index is 0.210. The molecule has 0 saturated heterocycles. The maximum absolute atomic E-state index is 9.65. The summed E-state index contributed by atoms with van der Waals surface area (Å²) >= 11 is 0. The number of hydrogen-bond acceptors (Lipinski definition) is 3. The van der Waals surface area contributed by atoms with E-state index in [2.05, 4.69) is 4.99 Å². The normalized spacial score (nSPS) is 10.9. The van der Waals surface area contributed by atoms with Crippen molar-refractivity contribution in [1.82, 2.24) is 0 Å². The second-order valence-electron chi connectivity index (χ2n) is 4.16. The Hall–Kier alpha value is -2.29. The van der Waals surface area contributed by atoms with E-state index in [9.17, 15) is 10.2 Å². The third-order valence-electron chi connectivity index (χ3n) is 2.67. The summed E-state index contributed by atoms with van der Waals surface area (Å²) in [4.78, 5) is 4.23. The highest BCUT2D eigenvalue weighted by Crippen LogP contribution is 2.18. The van der Waals surface area contributed by atoms with Crippen LogP contribution in [0.3, 0.4) is 0 Å². The van der Waals surface area contributed by atoms with Crippen molar-refractivity contribution in [3.63, 3.8) is 0 Å². The lowest BCUT2D eigenvalue weighted by Gasteiger charge is -2.01. The van der Waals surface area contributed by atoms with Gasteiger partial charge in [0.15, 0.2) is 0 Å².